The van der Waals surface area contributed by atoms with Crippen molar-refractivity contribution < 1.29 is 4.79 Å². The smallest absolute Gasteiger partial charge is 0.261 e. The maximum absolute atomic E-state index is 12.4. The molecule has 0 radical (unpaired) electrons. The highest BCUT2D eigenvalue weighted by atomic mass is 32.1. The topological polar surface area (TPSA) is 29.1 Å². The zero-order valence-electron chi connectivity index (χ0n) is 12.6. The van der Waals surface area contributed by atoms with Crippen molar-refractivity contribution in [3.63, 3.8) is 0 Å². The molecule has 1 fully saturated rings. The van der Waals surface area contributed by atoms with E-state index in [9.17, 15) is 4.79 Å². The molecule has 0 spiro atoms. The number of hydrogen-bond acceptors (Lipinski definition) is 2. The first-order valence-electron chi connectivity index (χ1n) is 7.96. The average Bonchev–Trinajstić information content (AvgIpc) is 2.86. The zero-order valence-corrected chi connectivity index (χ0v) is 13.4. The van der Waals surface area contributed by atoms with Crippen LogP contribution in [0.2, 0.25) is 0 Å². The molecular formula is C17H25NOS. The summed E-state index contributed by atoms with van der Waals surface area (Å²) in [5, 5.41) is 3.25. The first kappa shape index (κ1) is 14.1. The monoisotopic (exact) mass is 291 g/mol. The molecule has 1 N–H and O–H groups in total. The largest absolute Gasteiger partial charge is 0.349 e. The molecule has 0 aromatic carbocycles. The van der Waals surface area contributed by atoms with E-state index in [1.807, 2.05) is 0 Å². The van der Waals surface area contributed by atoms with Crippen LogP contribution in [0.5, 0.6) is 0 Å². The van der Waals surface area contributed by atoms with Gasteiger partial charge in [0.05, 0.1) is 4.88 Å². The van der Waals surface area contributed by atoms with Crippen LogP contribution in [0.1, 0.15) is 72.5 Å². The Balaban J connectivity index is 1.66. The second kappa shape index (κ2) is 5.51. The van der Waals surface area contributed by atoms with Gasteiger partial charge in [-0.25, -0.2) is 0 Å². The number of hydrogen-bond donors (Lipinski definition) is 1. The second-order valence-corrected chi connectivity index (χ2v) is 8.33. The van der Waals surface area contributed by atoms with Crippen molar-refractivity contribution in [1.82, 2.24) is 5.32 Å². The zero-order chi connectivity index (χ0) is 14.2. The molecule has 3 rings (SSSR count). The van der Waals surface area contributed by atoms with Crippen LogP contribution in [-0.4, -0.2) is 11.9 Å². The number of fused-ring (bicyclic) bond motifs is 1. The molecule has 2 nitrogen and oxygen atoms in total. The van der Waals surface area contributed by atoms with Crippen molar-refractivity contribution in [2.75, 3.05) is 0 Å². The molecule has 1 atom stereocenters. The number of amides is 1. The van der Waals surface area contributed by atoms with E-state index in [-0.39, 0.29) is 5.91 Å². The third-order valence-corrected chi connectivity index (χ3v) is 6.01. The average molecular weight is 291 g/mol. The van der Waals surface area contributed by atoms with Crippen LogP contribution in [0.15, 0.2) is 6.07 Å². The molecule has 1 unspecified atom stereocenters. The third-order valence-electron chi connectivity index (χ3n) is 4.77. The van der Waals surface area contributed by atoms with E-state index in [1.165, 1.54) is 42.5 Å². The summed E-state index contributed by atoms with van der Waals surface area (Å²) < 4.78 is 0. The van der Waals surface area contributed by atoms with Gasteiger partial charge in [-0.2, -0.15) is 0 Å². The van der Waals surface area contributed by atoms with Gasteiger partial charge in [0.25, 0.3) is 5.91 Å². The van der Waals surface area contributed by atoms with Crippen LogP contribution in [0, 0.1) is 5.41 Å². The molecule has 1 aromatic heterocycles. The number of carbonyl (C=O) groups excluding carboxylic acids is 1. The first-order chi connectivity index (χ1) is 9.53. The Hall–Kier alpha value is -0.830. The van der Waals surface area contributed by atoms with Gasteiger partial charge < -0.3 is 5.32 Å². The fourth-order valence-electron chi connectivity index (χ4n) is 3.60. The fraction of sp³-hybridized carbons (Fsp3) is 0.706. The van der Waals surface area contributed by atoms with Crippen molar-refractivity contribution in [2.45, 2.75) is 71.3 Å². The lowest BCUT2D eigenvalue weighted by Gasteiger charge is -2.17. The SMILES string of the molecule is CC1(C)CCC(NC(=O)c2cc3c(s2)CCCCC3)C1. The summed E-state index contributed by atoms with van der Waals surface area (Å²) in [6.07, 6.45) is 9.69. The third kappa shape index (κ3) is 3.08. The summed E-state index contributed by atoms with van der Waals surface area (Å²) in [4.78, 5) is 14.8. The molecule has 2 aliphatic rings. The Morgan fingerprint density at radius 1 is 1.30 bits per heavy atom. The minimum Gasteiger partial charge on any atom is -0.349 e. The van der Waals surface area contributed by atoms with Crippen molar-refractivity contribution in [3.8, 4) is 0 Å². The van der Waals surface area contributed by atoms with Crippen LogP contribution in [0.25, 0.3) is 0 Å². The van der Waals surface area contributed by atoms with Crippen LogP contribution in [0.4, 0.5) is 0 Å². The predicted molar refractivity (Wildman–Crippen MR) is 84.5 cm³/mol. The highest BCUT2D eigenvalue weighted by Crippen LogP contribution is 2.37. The summed E-state index contributed by atoms with van der Waals surface area (Å²) in [6.45, 7) is 4.60. The van der Waals surface area contributed by atoms with E-state index >= 15 is 0 Å². The Labute approximate surface area is 126 Å². The molecule has 1 aromatic rings. The van der Waals surface area contributed by atoms with E-state index in [2.05, 4.69) is 25.2 Å². The number of nitrogens with one attached hydrogen (secondary N) is 1. The molecule has 110 valence electrons. The minimum atomic E-state index is 0.158. The van der Waals surface area contributed by atoms with E-state index < -0.39 is 0 Å². The van der Waals surface area contributed by atoms with Crippen LogP contribution < -0.4 is 5.32 Å². The van der Waals surface area contributed by atoms with Crippen LogP contribution in [0.3, 0.4) is 0 Å². The number of carbonyl (C=O) groups is 1. The highest BCUT2D eigenvalue weighted by Gasteiger charge is 2.32. The van der Waals surface area contributed by atoms with Gasteiger partial charge in [0, 0.05) is 10.9 Å². The number of rotatable bonds is 2. The molecule has 0 bridgehead atoms. The van der Waals surface area contributed by atoms with Gasteiger partial charge in [-0.15, -0.1) is 11.3 Å². The Bertz CT molecular complexity index is 480. The Kier molecular flexibility index (Phi) is 3.89. The van der Waals surface area contributed by atoms with E-state index in [1.54, 1.807) is 11.3 Å². The lowest BCUT2D eigenvalue weighted by Crippen LogP contribution is -2.33. The van der Waals surface area contributed by atoms with Crippen molar-refractivity contribution in [2.24, 2.45) is 5.41 Å². The van der Waals surface area contributed by atoms with Gasteiger partial charge in [0.2, 0.25) is 0 Å². The van der Waals surface area contributed by atoms with Gasteiger partial charge in [0.1, 0.15) is 0 Å². The molecular weight excluding hydrogens is 266 g/mol. The number of thiophene rings is 1. The van der Waals surface area contributed by atoms with E-state index in [0.29, 0.717) is 11.5 Å². The summed E-state index contributed by atoms with van der Waals surface area (Å²) in [6, 6.07) is 2.53. The first-order valence-corrected chi connectivity index (χ1v) is 8.78. The summed E-state index contributed by atoms with van der Waals surface area (Å²) in [5.41, 5.74) is 1.83. The lowest BCUT2D eigenvalue weighted by atomic mass is 9.92. The standard InChI is InChI=1S/C17H25NOS/c1-17(2)9-8-13(11-17)18-16(19)15-10-12-6-4-3-5-7-14(12)20-15/h10,13H,3-9,11H2,1-2H3,(H,18,19). The van der Waals surface area contributed by atoms with Gasteiger partial charge in [0.15, 0.2) is 0 Å². The van der Waals surface area contributed by atoms with Crippen molar-refractivity contribution >= 4 is 17.2 Å². The molecule has 1 heterocycles. The van der Waals surface area contributed by atoms with E-state index in [0.717, 1.165) is 24.1 Å². The van der Waals surface area contributed by atoms with Crippen LogP contribution >= 0.6 is 11.3 Å². The fourth-order valence-corrected chi connectivity index (χ4v) is 4.75. The molecule has 1 amide bonds. The minimum absolute atomic E-state index is 0.158. The quantitative estimate of drug-likeness (QED) is 0.808. The highest BCUT2D eigenvalue weighted by molar-refractivity contribution is 7.14. The van der Waals surface area contributed by atoms with Crippen molar-refractivity contribution in [3.05, 3.63) is 21.4 Å². The molecule has 20 heavy (non-hydrogen) atoms. The predicted octanol–water partition coefficient (Wildman–Crippen LogP) is 4.33. The molecule has 0 aliphatic heterocycles. The maximum atomic E-state index is 12.4. The van der Waals surface area contributed by atoms with Crippen molar-refractivity contribution in [1.29, 1.82) is 0 Å². The van der Waals surface area contributed by atoms with Gasteiger partial charge in [-0.3, -0.25) is 4.79 Å². The molecule has 2 aliphatic carbocycles. The summed E-state index contributed by atoms with van der Waals surface area (Å²) in [5.74, 6) is 0.158. The Morgan fingerprint density at radius 2 is 2.10 bits per heavy atom. The summed E-state index contributed by atoms with van der Waals surface area (Å²) in [7, 11) is 0. The lowest BCUT2D eigenvalue weighted by molar-refractivity contribution is 0.0940. The molecule has 0 saturated heterocycles. The van der Waals surface area contributed by atoms with Gasteiger partial charge in [-0.05, 0) is 62.0 Å². The van der Waals surface area contributed by atoms with Gasteiger partial charge in [-0.1, -0.05) is 20.3 Å². The molecule has 3 heteroatoms. The van der Waals surface area contributed by atoms with E-state index in [4.69, 9.17) is 0 Å². The molecule has 1 saturated carbocycles. The van der Waals surface area contributed by atoms with Gasteiger partial charge >= 0.3 is 0 Å². The van der Waals surface area contributed by atoms with Crippen LogP contribution in [-0.2, 0) is 12.8 Å². The normalized spacial score (nSPS) is 25.0. The number of aryl methyl sites for hydroxylation is 2. The summed E-state index contributed by atoms with van der Waals surface area (Å²) >= 11 is 1.73. The Morgan fingerprint density at radius 3 is 2.85 bits per heavy atom. The maximum Gasteiger partial charge on any atom is 0.261 e. The second-order valence-electron chi connectivity index (χ2n) is 7.20.